The fourth-order valence-corrected chi connectivity index (χ4v) is 5.00. The molecular formula is C13H18ClN3O4S2. The number of hydrogen-bond donors (Lipinski definition) is 2. The van der Waals surface area contributed by atoms with Crippen molar-refractivity contribution in [3.8, 4) is 0 Å². The lowest BCUT2D eigenvalue weighted by Gasteiger charge is -2.20. The number of fused-ring (bicyclic) bond motifs is 1. The largest absolute Gasteiger partial charge is 0.342 e. The van der Waals surface area contributed by atoms with Crippen molar-refractivity contribution in [1.29, 1.82) is 0 Å². The average molecular weight is 380 g/mol. The summed E-state index contributed by atoms with van der Waals surface area (Å²) < 4.78 is 54.9. The Balaban J connectivity index is 2.58. The Morgan fingerprint density at radius 3 is 2.57 bits per heavy atom. The Bertz CT molecular complexity index is 861. The zero-order chi connectivity index (χ0) is 17.4. The molecule has 1 aromatic carbocycles. The molecule has 1 heterocycles. The number of benzene rings is 1. The molecule has 23 heavy (non-hydrogen) atoms. The minimum atomic E-state index is -3.98. The fraction of sp³-hybridized carbons (Fsp3) is 0.462. The van der Waals surface area contributed by atoms with Gasteiger partial charge in [0.1, 0.15) is 15.6 Å². The lowest BCUT2D eigenvalue weighted by molar-refractivity contribution is 0.583. The molecule has 2 rings (SSSR count). The molecule has 0 unspecified atom stereocenters. The van der Waals surface area contributed by atoms with Gasteiger partial charge in [0.2, 0.25) is 10.0 Å². The number of amidine groups is 1. The van der Waals surface area contributed by atoms with Crippen molar-refractivity contribution < 1.29 is 16.8 Å². The van der Waals surface area contributed by atoms with E-state index in [0.717, 1.165) is 6.07 Å². The van der Waals surface area contributed by atoms with Gasteiger partial charge < -0.3 is 5.32 Å². The van der Waals surface area contributed by atoms with Crippen LogP contribution in [0.3, 0.4) is 0 Å². The molecule has 7 nitrogen and oxygen atoms in total. The summed E-state index contributed by atoms with van der Waals surface area (Å²) in [6.45, 7) is 5.65. The lowest BCUT2D eigenvalue weighted by atomic mass is 10.1. The van der Waals surface area contributed by atoms with Crippen LogP contribution >= 0.6 is 11.6 Å². The molecule has 10 heteroatoms. The molecule has 1 aliphatic rings. The van der Waals surface area contributed by atoms with E-state index in [1.165, 1.54) is 6.07 Å². The smallest absolute Gasteiger partial charge is 0.286 e. The molecule has 0 aromatic heterocycles. The number of nitrogens with zero attached hydrogens (tertiary/aromatic N) is 1. The number of sulfonamides is 2. The van der Waals surface area contributed by atoms with Crippen LogP contribution in [-0.4, -0.2) is 29.2 Å². The Morgan fingerprint density at radius 1 is 1.35 bits per heavy atom. The Morgan fingerprint density at radius 2 is 2.00 bits per heavy atom. The maximum Gasteiger partial charge on any atom is 0.286 e. The SMILES string of the molecule is CCNS(=O)(=O)c1cc2c(cc1Cl)NC(CC(C)C)=NS2(=O)=O. The van der Waals surface area contributed by atoms with Crippen molar-refractivity contribution >= 4 is 43.2 Å². The first kappa shape index (κ1) is 18.2. The van der Waals surface area contributed by atoms with E-state index in [0.29, 0.717) is 12.3 Å². The second-order valence-corrected chi connectivity index (χ2v) is 9.23. The standard InChI is InChI=1S/C13H18ClN3O4S2/c1-4-15-22(18,19)11-7-12-10(6-9(11)14)16-13(5-8(2)3)17-23(12,20)21/h6-8,15H,4-5H2,1-3H3,(H,16,17). The molecule has 1 aromatic rings. The maximum atomic E-state index is 12.3. The molecule has 0 fully saturated rings. The number of nitrogens with one attached hydrogen (secondary N) is 2. The minimum absolute atomic E-state index is 0.0572. The van der Waals surface area contributed by atoms with E-state index in [2.05, 4.69) is 14.4 Å². The van der Waals surface area contributed by atoms with Crippen LogP contribution in [0.5, 0.6) is 0 Å². The quantitative estimate of drug-likeness (QED) is 0.815. The second-order valence-electron chi connectivity index (χ2n) is 5.52. The molecule has 0 aliphatic carbocycles. The monoisotopic (exact) mass is 379 g/mol. The predicted molar refractivity (Wildman–Crippen MR) is 90.0 cm³/mol. The Hall–Kier alpha value is -1.16. The van der Waals surface area contributed by atoms with Gasteiger partial charge in [-0.3, -0.25) is 0 Å². The van der Waals surface area contributed by atoms with Gasteiger partial charge in [0, 0.05) is 13.0 Å². The number of hydrogen-bond acceptors (Lipinski definition) is 5. The van der Waals surface area contributed by atoms with E-state index in [1.54, 1.807) is 6.92 Å². The van der Waals surface area contributed by atoms with Gasteiger partial charge in [-0.05, 0) is 18.1 Å². The van der Waals surface area contributed by atoms with E-state index in [-0.39, 0.29) is 33.0 Å². The van der Waals surface area contributed by atoms with Crippen LogP contribution in [0.1, 0.15) is 27.2 Å². The summed E-state index contributed by atoms with van der Waals surface area (Å²) in [4.78, 5) is -0.487. The Kier molecular flexibility index (Phi) is 5.05. The van der Waals surface area contributed by atoms with Crippen molar-refractivity contribution in [2.75, 3.05) is 11.9 Å². The van der Waals surface area contributed by atoms with Crippen LogP contribution in [0.25, 0.3) is 0 Å². The highest BCUT2D eigenvalue weighted by molar-refractivity contribution is 7.91. The normalized spacial score (nSPS) is 16.7. The minimum Gasteiger partial charge on any atom is -0.342 e. The highest BCUT2D eigenvalue weighted by atomic mass is 35.5. The first-order chi connectivity index (χ1) is 10.6. The maximum absolute atomic E-state index is 12.3. The average Bonchev–Trinajstić information content (AvgIpc) is 2.35. The van der Waals surface area contributed by atoms with E-state index in [9.17, 15) is 16.8 Å². The van der Waals surface area contributed by atoms with Gasteiger partial charge in [0.05, 0.1) is 10.7 Å². The third-order valence-electron chi connectivity index (χ3n) is 3.05. The first-order valence-electron chi connectivity index (χ1n) is 7.01. The second kappa shape index (κ2) is 6.39. The zero-order valence-electron chi connectivity index (χ0n) is 12.9. The third kappa shape index (κ3) is 3.85. The van der Waals surface area contributed by atoms with Gasteiger partial charge in [-0.25, -0.2) is 13.1 Å². The molecule has 0 saturated heterocycles. The lowest BCUT2D eigenvalue weighted by Crippen LogP contribution is -2.26. The third-order valence-corrected chi connectivity index (χ3v) is 6.41. The molecule has 1 aliphatic heterocycles. The molecule has 0 saturated carbocycles. The Labute approximate surface area is 141 Å². The summed E-state index contributed by atoms with van der Waals surface area (Å²) in [7, 11) is -7.86. The van der Waals surface area contributed by atoms with E-state index in [1.807, 2.05) is 13.8 Å². The van der Waals surface area contributed by atoms with E-state index >= 15 is 0 Å². The van der Waals surface area contributed by atoms with E-state index < -0.39 is 20.0 Å². The van der Waals surface area contributed by atoms with E-state index in [4.69, 9.17) is 11.6 Å². The molecule has 128 valence electrons. The van der Waals surface area contributed by atoms with Gasteiger partial charge in [-0.1, -0.05) is 32.4 Å². The van der Waals surface area contributed by atoms with Crippen molar-refractivity contribution in [2.45, 2.75) is 37.0 Å². The summed E-state index contributed by atoms with van der Waals surface area (Å²) in [5.74, 6) is 0.521. The van der Waals surface area contributed by atoms with Crippen molar-refractivity contribution in [2.24, 2.45) is 10.3 Å². The molecule has 0 atom stereocenters. The van der Waals surface area contributed by atoms with Crippen LogP contribution in [0.15, 0.2) is 26.3 Å². The summed E-state index contributed by atoms with van der Waals surface area (Å²) >= 11 is 6.03. The summed E-state index contributed by atoms with van der Waals surface area (Å²) in [5, 5.41) is 2.85. The van der Waals surface area contributed by atoms with Gasteiger partial charge in [-0.15, -0.1) is 4.40 Å². The van der Waals surface area contributed by atoms with Crippen LogP contribution in [0.2, 0.25) is 5.02 Å². The van der Waals surface area contributed by atoms with Crippen molar-refractivity contribution in [1.82, 2.24) is 4.72 Å². The number of rotatable bonds is 5. The fourth-order valence-electron chi connectivity index (χ4n) is 2.17. The topological polar surface area (TPSA) is 105 Å². The van der Waals surface area contributed by atoms with Gasteiger partial charge in [0.15, 0.2) is 0 Å². The van der Waals surface area contributed by atoms with Crippen molar-refractivity contribution in [3.05, 3.63) is 17.2 Å². The van der Waals surface area contributed by atoms with Crippen LogP contribution in [0.4, 0.5) is 5.69 Å². The summed E-state index contributed by atoms with van der Waals surface area (Å²) in [6.07, 6.45) is 0.452. The molecule has 0 amide bonds. The highest BCUT2D eigenvalue weighted by Gasteiger charge is 2.29. The summed E-state index contributed by atoms with van der Waals surface area (Å²) in [6, 6.07) is 2.33. The number of halogens is 1. The molecular weight excluding hydrogens is 362 g/mol. The first-order valence-corrected chi connectivity index (χ1v) is 10.3. The van der Waals surface area contributed by atoms with Crippen LogP contribution in [0, 0.1) is 5.92 Å². The van der Waals surface area contributed by atoms with Gasteiger partial charge >= 0.3 is 0 Å². The molecule has 0 bridgehead atoms. The molecule has 0 spiro atoms. The predicted octanol–water partition coefficient (Wildman–Crippen LogP) is 2.20. The van der Waals surface area contributed by atoms with Crippen LogP contribution in [-0.2, 0) is 20.0 Å². The number of anilines is 1. The highest BCUT2D eigenvalue weighted by Crippen LogP contribution is 2.35. The van der Waals surface area contributed by atoms with Crippen LogP contribution < -0.4 is 10.0 Å². The van der Waals surface area contributed by atoms with Gasteiger partial charge in [0.25, 0.3) is 10.0 Å². The summed E-state index contributed by atoms with van der Waals surface area (Å²) in [5.41, 5.74) is 0.232. The van der Waals surface area contributed by atoms with Gasteiger partial charge in [-0.2, -0.15) is 8.42 Å². The van der Waals surface area contributed by atoms with Crippen molar-refractivity contribution in [3.63, 3.8) is 0 Å². The molecule has 2 N–H and O–H groups in total. The molecule has 0 radical (unpaired) electrons. The zero-order valence-corrected chi connectivity index (χ0v) is 15.3.